The van der Waals surface area contributed by atoms with E-state index in [1.54, 1.807) is 28.8 Å². The lowest BCUT2D eigenvalue weighted by molar-refractivity contribution is -0.146. The molecule has 2 aliphatic rings. The summed E-state index contributed by atoms with van der Waals surface area (Å²) in [6.45, 7) is 0.936. The predicted molar refractivity (Wildman–Crippen MR) is 114 cm³/mol. The van der Waals surface area contributed by atoms with Gasteiger partial charge in [-0.2, -0.15) is 5.10 Å². The minimum absolute atomic E-state index is 0.00768. The molecular formula is C21H20N6O2S. The average molecular weight is 420 g/mol. The van der Waals surface area contributed by atoms with Crippen LogP contribution in [0.1, 0.15) is 16.9 Å². The molecule has 1 fully saturated rings. The smallest absolute Gasteiger partial charge is 0.226 e. The number of carbonyl (C=O) groups excluding carboxylic acids is 1. The summed E-state index contributed by atoms with van der Waals surface area (Å²) in [7, 11) is 0. The molecule has 0 radical (unpaired) electrons. The number of nitrogens with zero attached hydrogens (tertiary/aromatic N) is 5. The number of β-amino-alcohol motifs (C(OH)–C–C–N with tert-alkyl or cyclic N) is 1. The summed E-state index contributed by atoms with van der Waals surface area (Å²) in [5.74, 6) is 0.964. The van der Waals surface area contributed by atoms with Crippen LogP contribution in [0.25, 0.3) is 15.7 Å². The molecule has 0 unspecified atom stereocenters. The molecule has 8 nitrogen and oxygen atoms in total. The lowest BCUT2D eigenvalue weighted by Gasteiger charge is -2.38. The molecule has 0 aromatic carbocycles. The van der Waals surface area contributed by atoms with Gasteiger partial charge < -0.3 is 15.3 Å². The number of pyridine rings is 1. The van der Waals surface area contributed by atoms with Gasteiger partial charge in [-0.05, 0) is 43.0 Å². The maximum atomic E-state index is 12.7. The highest BCUT2D eigenvalue weighted by atomic mass is 32.1. The van der Waals surface area contributed by atoms with E-state index in [0.29, 0.717) is 13.1 Å². The third kappa shape index (κ3) is 2.85. The fraction of sp³-hybridized carbons (Fsp3) is 0.333. The number of aromatic nitrogens is 4. The van der Waals surface area contributed by atoms with Crippen molar-refractivity contribution < 1.29 is 9.90 Å². The molecule has 0 saturated carbocycles. The minimum atomic E-state index is -0.358. The first-order chi connectivity index (χ1) is 14.7. The normalized spacial score (nSPS) is 19.1. The van der Waals surface area contributed by atoms with Crippen molar-refractivity contribution in [3.63, 3.8) is 0 Å². The number of aryl methyl sites for hydroxylation is 1. The Morgan fingerprint density at radius 1 is 1.27 bits per heavy atom. The lowest BCUT2D eigenvalue weighted by Crippen LogP contribution is -2.55. The van der Waals surface area contributed by atoms with Crippen LogP contribution in [0.3, 0.4) is 0 Å². The van der Waals surface area contributed by atoms with Crippen molar-refractivity contribution >= 4 is 44.5 Å². The summed E-state index contributed by atoms with van der Waals surface area (Å²) in [5.41, 5.74) is 3.22. The molecule has 5 heterocycles. The molecule has 0 bridgehead atoms. The maximum Gasteiger partial charge on any atom is 0.226 e. The Bertz CT molecular complexity index is 1280. The molecule has 1 saturated heterocycles. The van der Waals surface area contributed by atoms with Gasteiger partial charge in [0.15, 0.2) is 0 Å². The van der Waals surface area contributed by atoms with Crippen molar-refractivity contribution in [1.29, 1.82) is 0 Å². The molecule has 152 valence electrons. The summed E-state index contributed by atoms with van der Waals surface area (Å²) < 4.78 is 1.82. The highest BCUT2D eigenvalue weighted by Gasteiger charge is 2.36. The second-order valence-electron chi connectivity index (χ2n) is 7.98. The van der Waals surface area contributed by atoms with E-state index >= 15 is 0 Å². The SMILES string of the molecule is O=C([C@H]1CCc2c(sc3ncnc(Nc4ccn5nccc5c4)c23)C1)N1CC(O)C1. The summed E-state index contributed by atoms with van der Waals surface area (Å²) in [6, 6.07) is 5.97. The van der Waals surface area contributed by atoms with Crippen molar-refractivity contribution in [2.45, 2.75) is 25.4 Å². The molecule has 30 heavy (non-hydrogen) atoms. The largest absolute Gasteiger partial charge is 0.389 e. The molecule has 4 aromatic heterocycles. The Labute approximate surface area is 176 Å². The van der Waals surface area contributed by atoms with E-state index in [2.05, 4.69) is 20.4 Å². The average Bonchev–Trinajstić information content (AvgIpc) is 3.34. The Hall–Kier alpha value is -3.04. The number of aliphatic hydroxyl groups is 1. The molecule has 0 spiro atoms. The zero-order valence-corrected chi connectivity index (χ0v) is 17.0. The molecule has 9 heteroatoms. The number of hydrogen-bond acceptors (Lipinski definition) is 7. The first kappa shape index (κ1) is 17.8. The van der Waals surface area contributed by atoms with E-state index in [-0.39, 0.29) is 17.9 Å². The number of hydrogen-bond donors (Lipinski definition) is 2. The highest BCUT2D eigenvalue weighted by molar-refractivity contribution is 7.19. The van der Waals surface area contributed by atoms with Crippen LogP contribution >= 0.6 is 11.3 Å². The van der Waals surface area contributed by atoms with Crippen LogP contribution in [0.4, 0.5) is 11.5 Å². The topological polar surface area (TPSA) is 95.7 Å². The number of rotatable bonds is 3. The van der Waals surface area contributed by atoms with Crippen molar-refractivity contribution in [3.05, 3.63) is 47.4 Å². The highest BCUT2D eigenvalue weighted by Crippen LogP contribution is 2.41. The Kier molecular flexibility index (Phi) is 4.00. The van der Waals surface area contributed by atoms with Gasteiger partial charge in [-0.25, -0.2) is 14.5 Å². The second kappa shape index (κ2) is 6.75. The van der Waals surface area contributed by atoms with Crippen LogP contribution in [0.5, 0.6) is 0 Å². The number of likely N-dealkylation sites (tertiary alicyclic amines) is 1. The Morgan fingerprint density at radius 3 is 3.03 bits per heavy atom. The molecule has 1 aliphatic heterocycles. The quantitative estimate of drug-likeness (QED) is 0.528. The molecule has 1 aliphatic carbocycles. The minimum Gasteiger partial charge on any atom is -0.389 e. The van der Waals surface area contributed by atoms with Gasteiger partial charge in [-0.15, -0.1) is 11.3 Å². The van der Waals surface area contributed by atoms with Crippen molar-refractivity contribution in [2.24, 2.45) is 5.92 Å². The molecular weight excluding hydrogens is 400 g/mol. The third-order valence-electron chi connectivity index (χ3n) is 6.03. The molecule has 4 aromatic rings. The molecule has 1 atom stereocenters. The molecule has 1 amide bonds. The Balaban J connectivity index is 1.31. The summed E-state index contributed by atoms with van der Waals surface area (Å²) in [5, 5.41) is 18.2. The number of fused-ring (bicyclic) bond motifs is 4. The Morgan fingerprint density at radius 2 is 2.17 bits per heavy atom. The molecule has 6 rings (SSSR count). The number of nitrogens with one attached hydrogen (secondary N) is 1. The van der Waals surface area contributed by atoms with Crippen LogP contribution in [0, 0.1) is 5.92 Å². The summed E-state index contributed by atoms with van der Waals surface area (Å²) in [4.78, 5) is 25.7. The zero-order chi connectivity index (χ0) is 20.2. The van der Waals surface area contributed by atoms with E-state index in [9.17, 15) is 9.90 Å². The van der Waals surface area contributed by atoms with Gasteiger partial charge in [-0.3, -0.25) is 4.79 Å². The maximum absolute atomic E-state index is 12.7. The van der Waals surface area contributed by atoms with Crippen LogP contribution in [0.2, 0.25) is 0 Å². The van der Waals surface area contributed by atoms with E-state index in [1.807, 2.05) is 28.9 Å². The zero-order valence-electron chi connectivity index (χ0n) is 16.2. The predicted octanol–water partition coefficient (Wildman–Crippen LogP) is 2.39. The van der Waals surface area contributed by atoms with Gasteiger partial charge in [0.05, 0.1) is 17.0 Å². The monoisotopic (exact) mass is 420 g/mol. The number of carbonyl (C=O) groups is 1. The summed E-state index contributed by atoms with van der Waals surface area (Å²) in [6.07, 6.45) is 7.32. The summed E-state index contributed by atoms with van der Waals surface area (Å²) >= 11 is 1.66. The van der Waals surface area contributed by atoms with Gasteiger partial charge in [0, 0.05) is 42.0 Å². The van der Waals surface area contributed by atoms with Gasteiger partial charge in [0.1, 0.15) is 17.0 Å². The lowest BCUT2D eigenvalue weighted by atomic mass is 9.86. The molecule has 2 N–H and O–H groups in total. The van der Waals surface area contributed by atoms with Crippen LogP contribution < -0.4 is 5.32 Å². The van der Waals surface area contributed by atoms with Gasteiger partial charge in [0.25, 0.3) is 0 Å². The number of aliphatic hydroxyl groups excluding tert-OH is 1. The van der Waals surface area contributed by atoms with Crippen LogP contribution in [0.15, 0.2) is 36.9 Å². The first-order valence-corrected chi connectivity index (χ1v) is 10.9. The van der Waals surface area contributed by atoms with Crippen LogP contribution in [-0.2, 0) is 17.6 Å². The number of thiophene rings is 1. The van der Waals surface area contributed by atoms with Crippen LogP contribution in [-0.4, -0.2) is 54.7 Å². The fourth-order valence-electron chi connectivity index (χ4n) is 4.45. The van der Waals surface area contributed by atoms with Crippen molar-refractivity contribution in [1.82, 2.24) is 24.5 Å². The number of amides is 1. The second-order valence-corrected chi connectivity index (χ2v) is 9.07. The van der Waals surface area contributed by atoms with E-state index in [1.165, 1.54) is 10.4 Å². The van der Waals surface area contributed by atoms with Gasteiger partial charge in [-0.1, -0.05) is 0 Å². The van der Waals surface area contributed by atoms with Crippen molar-refractivity contribution in [2.75, 3.05) is 18.4 Å². The van der Waals surface area contributed by atoms with E-state index < -0.39 is 0 Å². The van der Waals surface area contributed by atoms with Gasteiger partial charge in [0.2, 0.25) is 5.91 Å². The van der Waals surface area contributed by atoms with E-state index in [0.717, 1.165) is 46.5 Å². The fourth-order valence-corrected chi connectivity index (χ4v) is 5.71. The standard InChI is InChI=1S/C21H20N6O2S/c28-15-9-26(10-15)21(29)12-1-2-16-17(7-12)30-20-18(16)19(22-11-23-20)25-13-4-6-27-14(8-13)3-5-24-27/h3-6,8,11-12,15,28H,1-2,7,9-10H2,(H,22,23,25)/t12-/m0/s1. The third-order valence-corrected chi connectivity index (χ3v) is 7.19. The van der Waals surface area contributed by atoms with Crippen molar-refractivity contribution in [3.8, 4) is 0 Å². The van der Waals surface area contributed by atoms with E-state index in [4.69, 9.17) is 0 Å². The van der Waals surface area contributed by atoms with Gasteiger partial charge >= 0.3 is 0 Å². The first-order valence-electron chi connectivity index (χ1n) is 10.1. The number of anilines is 2.